The second kappa shape index (κ2) is 9.02. The van der Waals surface area contributed by atoms with Crippen LogP contribution in [0.25, 0.3) is 0 Å². The average Bonchev–Trinajstić information content (AvgIpc) is 3.05. The van der Waals surface area contributed by atoms with Crippen molar-refractivity contribution in [3.05, 3.63) is 30.0 Å². The summed E-state index contributed by atoms with van der Waals surface area (Å²) < 4.78 is 48.6. The third-order valence-electron chi connectivity index (χ3n) is 4.67. The number of ether oxygens (including phenoxy) is 2. The molecule has 12 heteroatoms. The van der Waals surface area contributed by atoms with Gasteiger partial charge >= 0.3 is 12.4 Å². The molecule has 0 spiro atoms. The lowest BCUT2D eigenvalue weighted by Gasteiger charge is -2.40. The van der Waals surface area contributed by atoms with Crippen molar-refractivity contribution in [1.82, 2.24) is 14.5 Å². The molecule has 2 aromatic rings. The highest BCUT2D eigenvalue weighted by atomic mass is 19.4. The molecule has 1 aromatic heterocycles. The molecule has 0 aliphatic carbocycles. The Morgan fingerprint density at radius 1 is 1.16 bits per heavy atom. The van der Waals surface area contributed by atoms with E-state index >= 15 is 0 Å². The molecule has 170 valence electrons. The van der Waals surface area contributed by atoms with Crippen molar-refractivity contribution in [3.8, 4) is 17.5 Å². The smallest absolute Gasteiger partial charge is 0.425 e. The fourth-order valence-corrected chi connectivity index (χ4v) is 3.33. The fraction of sp³-hybridized carbons (Fsp3) is 0.474. The molecule has 31 heavy (non-hydrogen) atoms. The molecule has 0 fully saturated rings. The minimum atomic E-state index is -4.85. The summed E-state index contributed by atoms with van der Waals surface area (Å²) in [6, 6.07) is 4.94. The van der Waals surface area contributed by atoms with E-state index in [1.54, 1.807) is 13.8 Å². The van der Waals surface area contributed by atoms with E-state index in [4.69, 9.17) is 9.84 Å². The summed E-state index contributed by atoms with van der Waals surface area (Å²) in [5, 5.41) is 19.7. The molecular weight excluding hydrogens is 421 g/mol. The number of aliphatic hydroxyl groups excluding tert-OH is 2. The van der Waals surface area contributed by atoms with Gasteiger partial charge in [-0.25, -0.2) is 0 Å². The van der Waals surface area contributed by atoms with Crippen LogP contribution in [0, 0.1) is 0 Å². The number of halogens is 3. The van der Waals surface area contributed by atoms with Crippen molar-refractivity contribution in [2.45, 2.75) is 39.5 Å². The third kappa shape index (κ3) is 4.69. The molecule has 1 unspecified atom stereocenters. The van der Waals surface area contributed by atoms with Crippen LogP contribution in [0.5, 0.6) is 17.5 Å². The van der Waals surface area contributed by atoms with E-state index in [0.29, 0.717) is 6.54 Å². The number of aromatic nitrogens is 2. The summed E-state index contributed by atoms with van der Waals surface area (Å²) in [4.78, 5) is 20.1. The molecule has 1 amide bonds. The van der Waals surface area contributed by atoms with Gasteiger partial charge in [-0.3, -0.25) is 14.3 Å². The first-order chi connectivity index (χ1) is 14.7. The predicted octanol–water partition coefficient (Wildman–Crippen LogP) is 2.53. The van der Waals surface area contributed by atoms with Gasteiger partial charge in [0.1, 0.15) is 11.5 Å². The summed E-state index contributed by atoms with van der Waals surface area (Å²) in [6.07, 6.45) is -5.83. The summed E-state index contributed by atoms with van der Waals surface area (Å²) in [6.45, 7) is 4.12. The Bertz CT molecular complexity index is 934. The van der Waals surface area contributed by atoms with Crippen molar-refractivity contribution >= 4 is 11.7 Å². The van der Waals surface area contributed by atoms with Crippen molar-refractivity contribution < 1.29 is 37.7 Å². The first kappa shape index (κ1) is 22.7. The predicted molar refractivity (Wildman–Crippen MR) is 103 cm³/mol. The number of benzene rings is 1. The van der Waals surface area contributed by atoms with Gasteiger partial charge in [0, 0.05) is 32.3 Å². The lowest BCUT2D eigenvalue weighted by molar-refractivity contribution is -0.274. The lowest BCUT2D eigenvalue weighted by Crippen LogP contribution is -2.56. The molecule has 0 saturated carbocycles. The van der Waals surface area contributed by atoms with Crippen LogP contribution in [-0.4, -0.2) is 63.0 Å². The van der Waals surface area contributed by atoms with Gasteiger partial charge in [-0.05, 0) is 32.4 Å². The number of alkyl halides is 3. The average molecular weight is 444 g/mol. The van der Waals surface area contributed by atoms with Gasteiger partial charge in [-0.15, -0.1) is 13.2 Å². The van der Waals surface area contributed by atoms with Crippen LogP contribution in [0.4, 0.5) is 19.0 Å². The number of carbonyl (C=O) groups is 1. The van der Waals surface area contributed by atoms with Crippen LogP contribution in [-0.2, 0) is 6.54 Å². The maximum absolute atomic E-state index is 13.0. The Morgan fingerprint density at radius 3 is 2.48 bits per heavy atom. The van der Waals surface area contributed by atoms with Crippen LogP contribution in [0.1, 0.15) is 30.8 Å². The molecule has 1 aliphatic rings. The van der Waals surface area contributed by atoms with Gasteiger partial charge in [0.2, 0.25) is 6.35 Å². The van der Waals surface area contributed by atoms with Gasteiger partial charge in [-0.2, -0.15) is 4.98 Å². The highest BCUT2D eigenvalue weighted by Crippen LogP contribution is 2.36. The summed E-state index contributed by atoms with van der Waals surface area (Å²) >= 11 is 0. The van der Waals surface area contributed by atoms with Crippen molar-refractivity contribution in [3.63, 3.8) is 0 Å². The minimum absolute atomic E-state index is 0.0142. The Hall–Kier alpha value is -2.99. The van der Waals surface area contributed by atoms with Gasteiger partial charge in [-0.1, -0.05) is 6.07 Å². The zero-order valence-electron chi connectivity index (χ0n) is 17.0. The number of imidazole rings is 1. The lowest BCUT2D eigenvalue weighted by atomic mass is 10.2. The largest absolute Gasteiger partial charge is 0.573 e. The van der Waals surface area contributed by atoms with Gasteiger partial charge in [0.25, 0.3) is 5.91 Å². The van der Waals surface area contributed by atoms with E-state index in [1.165, 1.54) is 26.5 Å². The molecule has 2 N–H and O–H groups in total. The molecule has 0 bridgehead atoms. The number of fused-ring (bicyclic) bond motifs is 1. The monoisotopic (exact) mass is 444 g/mol. The third-order valence-corrected chi connectivity index (χ3v) is 4.67. The molecule has 3 rings (SSSR count). The molecule has 1 aliphatic heterocycles. The highest BCUT2D eigenvalue weighted by molar-refractivity contribution is 5.99. The summed E-state index contributed by atoms with van der Waals surface area (Å²) in [5.74, 6) is -0.702. The number of hydrogen-bond donors (Lipinski definition) is 2. The van der Waals surface area contributed by atoms with Crippen LogP contribution in [0.3, 0.4) is 0 Å². The number of hydrogen-bond acceptors (Lipinski definition) is 7. The zero-order valence-corrected chi connectivity index (χ0v) is 17.0. The number of nitrogens with zero attached hydrogens (tertiary/aromatic N) is 4. The van der Waals surface area contributed by atoms with Crippen molar-refractivity contribution in [1.29, 1.82) is 0 Å². The molecule has 9 nitrogen and oxygen atoms in total. The highest BCUT2D eigenvalue weighted by Gasteiger charge is 2.40. The number of carbonyl (C=O) groups excluding carboxylic acids is 1. The molecular formula is C19H23F3N4O5. The van der Waals surface area contributed by atoms with E-state index in [1.807, 2.05) is 0 Å². The summed E-state index contributed by atoms with van der Waals surface area (Å²) in [7, 11) is 0. The SMILES string of the molecule is CCN1c2nc(Oc3cccc(OC(F)(F)F)c3)n(CC)c2C(=O)N(CCCO)C1O. The Labute approximate surface area is 176 Å². The zero-order chi connectivity index (χ0) is 22.8. The topological polar surface area (TPSA) is 100 Å². The van der Waals surface area contributed by atoms with Crippen molar-refractivity contribution in [2.24, 2.45) is 0 Å². The summed E-state index contributed by atoms with van der Waals surface area (Å²) in [5.41, 5.74) is 0.185. The van der Waals surface area contributed by atoms with Crippen LogP contribution in [0.2, 0.25) is 0 Å². The van der Waals surface area contributed by atoms with Gasteiger partial charge in [0.05, 0.1) is 0 Å². The second-order valence-electron chi connectivity index (χ2n) is 6.64. The molecule has 0 saturated heterocycles. The van der Waals surface area contributed by atoms with E-state index in [0.717, 1.165) is 12.1 Å². The normalized spacial score (nSPS) is 16.5. The Morgan fingerprint density at radius 2 is 1.87 bits per heavy atom. The fourth-order valence-electron chi connectivity index (χ4n) is 3.33. The number of aliphatic hydroxyl groups is 2. The maximum Gasteiger partial charge on any atom is 0.573 e. The van der Waals surface area contributed by atoms with Gasteiger partial charge in [0.15, 0.2) is 11.5 Å². The maximum atomic E-state index is 13.0. The van der Waals surface area contributed by atoms with E-state index in [2.05, 4.69) is 9.72 Å². The van der Waals surface area contributed by atoms with Crippen LogP contribution in [0.15, 0.2) is 24.3 Å². The van der Waals surface area contributed by atoms with Crippen molar-refractivity contribution in [2.75, 3.05) is 24.6 Å². The quantitative estimate of drug-likeness (QED) is 0.645. The molecule has 0 radical (unpaired) electrons. The van der Waals surface area contributed by atoms with E-state index in [9.17, 15) is 23.1 Å². The minimum Gasteiger partial charge on any atom is -0.425 e. The number of rotatable bonds is 8. The Kier molecular flexibility index (Phi) is 6.60. The first-order valence-electron chi connectivity index (χ1n) is 9.70. The second-order valence-corrected chi connectivity index (χ2v) is 6.64. The first-order valence-corrected chi connectivity index (χ1v) is 9.70. The number of amides is 1. The Balaban J connectivity index is 1.97. The molecule has 1 atom stereocenters. The van der Waals surface area contributed by atoms with E-state index in [-0.39, 0.29) is 49.4 Å². The van der Waals surface area contributed by atoms with Gasteiger partial charge < -0.3 is 24.6 Å². The van der Waals surface area contributed by atoms with Crippen LogP contribution >= 0.6 is 0 Å². The molecule has 2 heterocycles. The standard InChI is InChI=1S/C19H23F3N4O5/c1-3-24-14-15(25(4-2)18(29)26(16(14)28)9-6-10-27)23-17(24)30-12-7-5-8-13(11-12)31-19(20,21)22/h5,7-8,11,18,27,29H,3-4,6,9-10H2,1-2H3. The van der Waals surface area contributed by atoms with E-state index < -0.39 is 24.4 Å². The molecule has 1 aromatic carbocycles. The number of anilines is 1. The van der Waals surface area contributed by atoms with Crippen LogP contribution < -0.4 is 14.4 Å².